The van der Waals surface area contributed by atoms with Crippen molar-refractivity contribution in [2.24, 2.45) is 0 Å². The molecule has 1 fully saturated rings. The van der Waals surface area contributed by atoms with Gasteiger partial charge in [0.15, 0.2) is 0 Å². The van der Waals surface area contributed by atoms with Gasteiger partial charge in [-0.3, -0.25) is 9.78 Å². The van der Waals surface area contributed by atoms with Crippen molar-refractivity contribution in [1.82, 2.24) is 9.97 Å². The second kappa shape index (κ2) is 9.53. The Morgan fingerprint density at radius 1 is 1.07 bits per heavy atom. The van der Waals surface area contributed by atoms with Crippen LogP contribution in [0, 0.1) is 6.92 Å². The average molecular weight is 422 g/mol. The number of anilines is 2. The van der Waals surface area contributed by atoms with Crippen LogP contribution >= 0.6 is 0 Å². The number of H-pyrrole nitrogens is 1. The molecule has 2 heterocycles. The van der Waals surface area contributed by atoms with Gasteiger partial charge in [0.25, 0.3) is 5.56 Å². The number of aromatic amines is 1. The van der Waals surface area contributed by atoms with Crippen molar-refractivity contribution in [3.05, 3.63) is 51.4 Å². The third-order valence-corrected chi connectivity index (χ3v) is 5.61. The summed E-state index contributed by atoms with van der Waals surface area (Å²) in [5.74, 6) is 0.540. The van der Waals surface area contributed by atoms with Crippen LogP contribution in [-0.2, 0) is 12.6 Å². The molecule has 30 heavy (non-hydrogen) atoms. The van der Waals surface area contributed by atoms with Gasteiger partial charge in [-0.2, -0.15) is 13.2 Å². The van der Waals surface area contributed by atoms with Gasteiger partial charge in [0.2, 0.25) is 5.95 Å². The first-order valence-electron chi connectivity index (χ1n) is 10.6. The highest BCUT2D eigenvalue weighted by Gasteiger charge is 2.31. The van der Waals surface area contributed by atoms with Gasteiger partial charge in [0.1, 0.15) is 0 Å². The molecule has 3 rings (SSSR count). The lowest BCUT2D eigenvalue weighted by atomic mass is 10.1. The van der Waals surface area contributed by atoms with Gasteiger partial charge in [-0.1, -0.05) is 32.3 Å². The summed E-state index contributed by atoms with van der Waals surface area (Å²) in [6.07, 6.45) is 0.787. The molecule has 1 N–H and O–H groups in total. The Kier molecular flexibility index (Phi) is 7.05. The maximum absolute atomic E-state index is 13.0. The van der Waals surface area contributed by atoms with Crippen LogP contribution < -0.4 is 15.4 Å². The maximum atomic E-state index is 13.0. The van der Waals surface area contributed by atoms with Gasteiger partial charge in [-0.25, -0.2) is 4.98 Å². The lowest BCUT2D eigenvalue weighted by molar-refractivity contribution is -0.137. The molecule has 0 aliphatic carbocycles. The number of aromatic nitrogens is 2. The van der Waals surface area contributed by atoms with Crippen molar-refractivity contribution in [2.45, 2.75) is 52.1 Å². The quantitative estimate of drug-likeness (QED) is 0.666. The van der Waals surface area contributed by atoms with Crippen LogP contribution in [0.25, 0.3) is 0 Å². The van der Waals surface area contributed by atoms with E-state index in [1.54, 1.807) is 6.07 Å². The zero-order chi connectivity index (χ0) is 21.7. The van der Waals surface area contributed by atoms with E-state index in [4.69, 9.17) is 0 Å². The SMILES string of the molecule is CCCCCCc1c(C)nc(N2CCN(c3cccc(C(F)(F)F)c3)CC2)[nH]c1=O. The second-order valence-corrected chi connectivity index (χ2v) is 7.79. The fourth-order valence-electron chi connectivity index (χ4n) is 3.82. The largest absolute Gasteiger partial charge is 0.416 e. The first-order valence-corrected chi connectivity index (χ1v) is 10.6. The summed E-state index contributed by atoms with van der Waals surface area (Å²) in [5, 5.41) is 0. The van der Waals surface area contributed by atoms with E-state index in [9.17, 15) is 18.0 Å². The van der Waals surface area contributed by atoms with E-state index in [2.05, 4.69) is 16.9 Å². The van der Waals surface area contributed by atoms with E-state index in [1.165, 1.54) is 18.6 Å². The number of nitrogens with one attached hydrogen (secondary N) is 1. The molecule has 0 radical (unpaired) electrons. The summed E-state index contributed by atoms with van der Waals surface area (Å²) in [7, 11) is 0. The highest BCUT2D eigenvalue weighted by molar-refractivity contribution is 5.51. The normalized spacial score (nSPS) is 15.0. The fraction of sp³-hybridized carbons (Fsp3) is 0.545. The van der Waals surface area contributed by atoms with Gasteiger partial charge in [0, 0.05) is 43.1 Å². The van der Waals surface area contributed by atoms with Crippen LogP contribution in [0.2, 0.25) is 0 Å². The summed E-state index contributed by atoms with van der Waals surface area (Å²) in [6.45, 7) is 6.29. The Bertz CT molecular complexity index is 902. The molecule has 0 unspecified atom stereocenters. The Labute approximate surface area is 174 Å². The molecular formula is C22H29F3N4O. The smallest absolute Gasteiger partial charge is 0.368 e. The van der Waals surface area contributed by atoms with Crippen LogP contribution in [0.5, 0.6) is 0 Å². The number of benzene rings is 1. The number of alkyl halides is 3. The molecule has 5 nitrogen and oxygen atoms in total. The zero-order valence-corrected chi connectivity index (χ0v) is 17.6. The molecule has 0 amide bonds. The predicted molar refractivity (Wildman–Crippen MR) is 113 cm³/mol. The Morgan fingerprint density at radius 2 is 1.77 bits per heavy atom. The van der Waals surface area contributed by atoms with Crippen LogP contribution in [0.4, 0.5) is 24.8 Å². The number of nitrogens with zero attached hydrogens (tertiary/aromatic N) is 3. The molecule has 0 bridgehead atoms. The molecule has 0 spiro atoms. The molecule has 0 atom stereocenters. The van der Waals surface area contributed by atoms with Crippen molar-refractivity contribution < 1.29 is 13.2 Å². The zero-order valence-electron chi connectivity index (χ0n) is 17.6. The Morgan fingerprint density at radius 3 is 2.40 bits per heavy atom. The summed E-state index contributed by atoms with van der Waals surface area (Å²) < 4.78 is 38.9. The molecule has 1 saturated heterocycles. The highest BCUT2D eigenvalue weighted by Crippen LogP contribution is 2.32. The van der Waals surface area contributed by atoms with Crippen molar-refractivity contribution >= 4 is 11.6 Å². The number of hydrogen-bond donors (Lipinski definition) is 1. The van der Waals surface area contributed by atoms with Gasteiger partial charge in [-0.05, 0) is 38.0 Å². The van der Waals surface area contributed by atoms with Crippen molar-refractivity contribution in [1.29, 1.82) is 0 Å². The molecule has 164 valence electrons. The number of rotatable bonds is 7. The second-order valence-electron chi connectivity index (χ2n) is 7.79. The van der Waals surface area contributed by atoms with E-state index in [0.29, 0.717) is 37.8 Å². The van der Waals surface area contributed by atoms with Crippen molar-refractivity contribution in [2.75, 3.05) is 36.0 Å². The minimum atomic E-state index is -4.35. The van der Waals surface area contributed by atoms with Gasteiger partial charge in [0.05, 0.1) is 5.56 Å². The van der Waals surface area contributed by atoms with E-state index >= 15 is 0 Å². The third-order valence-electron chi connectivity index (χ3n) is 5.61. The van der Waals surface area contributed by atoms with E-state index < -0.39 is 11.7 Å². The van der Waals surface area contributed by atoms with Gasteiger partial charge < -0.3 is 9.80 Å². The van der Waals surface area contributed by atoms with Crippen LogP contribution in [0.1, 0.15) is 49.4 Å². The Hall–Kier alpha value is -2.51. The lowest BCUT2D eigenvalue weighted by Gasteiger charge is -2.36. The predicted octanol–water partition coefficient (Wildman–Crippen LogP) is 4.55. The Balaban J connectivity index is 1.64. The van der Waals surface area contributed by atoms with Gasteiger partial charge in [-0.15, -0.1) is 0 Å². The molecule has 1 aromatic carbocycles. The molecule has 1 aromatic heterocycles. The monoisotopic (exact) mass is 422 g/mol. The fourth-order valence-corrected chi connectivity index (χ4v) is 3.82. The highest BCUT2D eigenvalue weighted by atomic mass is 19.4. The van der Waals surface area contributed by atoms with Crippen molar-refractivity contribution in [3.8, 4) is 0 Å². The van der Waals surface area contributed by atoms with Crippen LogP contribution in [-0.4, -0.2) is 36.1 Å². The van der Waals surface area contributed by atoms with E-state index in [0.717, 1.165) is 43.0 Å². The van der Waals surface area contributed by atoms with E-state index in [1.807, 2.05) is 16.7 Å². The number of halogens is 3. The van der Waals surface area contributed by atoms with E-state index in [-0.39, 0.29) is 5.56 Å². The minimum absolute atomic E-state index is 0.0886. The van der Waals surface area contributed by atoms with Crippen LogP contribution in [0.15, 0.2) is 29.1 Å². The molecular weight excluding hydrogens is 393 g/mol. The molecule has 1 aliphatic rings. The summed E-state index contributed by atoms with van der Waals surface area (Å²) in [4.78, 5) is 24.0. The van der Waals surface area contributed by atoms with Crippen LogP contribution in [0.3, 0.4) is 0 Å². The first kappa shape index (κ1) is 22.2. The van der Waals surface area contributed by atoms with Gasteiger partial charge >= 0.3 is 6.18 Å². The molecule has 0 saturated carbocycles. The average Bonchev–Trinajstić information content (AvgIpc) is 2.72. The molecule has 2 aromatic rings. The number of aryl methyl sites for hydroxylation is 1. The summed E-state index contributed by atoms with van der Waals surface area (Å²) >= 11 is 0. The summed E-state index contributed by atoms with van der Waals surface area (Å²) in [5.41, 5.74) is 1.33. The first-order chi connectivity index (χ1) is 14.3. The van der Waals surface area contributed by atoms with Crippen molar-refractivity contribution in [3.63, 3.8) is 0 Å². The number of unbranched alkanes of at least 4 members (excludes halogenated alkanes) is 3. The minimum Gasteiger partial charge on any atom is -0.368 e. The maximum Gasteiger partial charge on any atom is 0.416 e. The molecule has 1 aliphatic heterocycles. The number of piperazine rings is 1. The standard InChI is InChI=1S/C22H29F3N4O/c1-3-4-5-6-10-19-16(2)26-21(27-20(19)30)29-13-11-28(12-14-29)18-9-7-8-17(15-18)22(23,24)25/h7-9,15H,3-6,10-14H2,1-2H3,(H,26,27,30). The molecule has 8 heteroatoms. The lowest BCUT2D eigenvalue weighted by Crippen LogP contribution is -2.47. The number of hydrogen-bond acceptors (Lipinski definition) is 4. The topological polar surface area (TPSA) is 52.2 Å². The summed E-state index contributed by atoms with van der Waals surface area (Å²) in [6, 6.07) is 5.41. The third kappa shape index (κ3) is 5.34.